The molecule has 0 radical (unpaired) electrons. The number of halogens is 4. The second kappa shape index (κ2) is 12.0. The van der Waals surface area contributed by atoms with Crippen LogP contribution in [0.25, 0.3) is 0 Å². The van der Waals surface area contributed by atoms with E-state index in [1.54, 1.807) is 12.1 Å². The van der Waals surface area contributed by atoms with Crippen molar-refractivity contribution in [1.29, 1.82) is 0 Å². The van der Waals surface area contributed by atoms with Gasteiger partial charge < -0.3 is 14.6 Å². The van der Waals surface area contributed by atoms with Crippen LogP contribution in [0.3, 0.4) is 0 Å². The number of rotatable bonds is 8. The van der Waals surface area contributed by atoms with Gasteiger partial charge in [0.15, 0.2) is 23.3 Å². The Morgan fingerprint density at radius 3 is 1.95 bits per heavy atom. The minimum Gasteiger partial charge on any atom is -0.459 e. The highest BCUT2D eigenvalue weighted by molar-refractivity contribution is 5.90. The number of epoxide rings is 1. The van der Waals surface area contributed by atoms with Gasteiger partial charge in [-0.15, -0.1) is 0 Å². The quantitative estimate of drug-likeness (QED) is 0.209. The lowest BCUT2D eigenvalue weighted by atomic mass is 9.76. The SMILES string of the molecule is CCCC(O)C1CCC(c2ccc(C(=O)OC3CCC(c4ccc(C5CO5)c(F)c4F)CC3)c(F)c2F)CC1. The zero-order valence-corrected chi connectivity index (χ0v) is 22.2. The Morgan fingerprint density at radius 2 is 1.36 bits per heavy atom. The van der Waals surface area contributed by atoms with Crippen LogP contribution in [0.4, 0.5) is 17.6 Å². The summed E-state index contributed by atoms with van der Waals surface area (Å²) in [6.07, 6.45) is 5.07. The summed E-state index contributed by atoms with van der Waals surface area (Å²) in [5.74, 6) is -5.03. The van der Waals surface area contributed by atoms with E-state index >= 15 is 4.39 Å². The fourth-order valence-electron chi connectivity index (χ4n) is 6.46. The lowest BCUT2D eigenvalue weighted by Gasteiger charge is -2.32. The zero-order chi connectivity index (χ0) is 27.7. The van der Waals surface area contributed by atoms with Crippen molar-refractivity contribution in [2.75, 3.05) is 6.61 Å². The van der Waals surface area contributed by atoms with Crippen molar-refractivity contribution < 1.29 is 36.9 Å². The molecule has 2 saturated carbocycles. The van der Waals surface area contributed by atoms with Crippen molar-refractivity contribution >= 4 is 5.97 Å². The van der Waals surface area contributed by atoms with Crippen molar-refractivity contribution in [3.8, 4) is 0 Å². The highest BCUT2D eigenvalue weighted by Crippen LogP contribution is 2.41. The third-order valence-electron chi connectivity index (χ3n) is 8.88. The Morgan fingerprint density at radius 1 is 0.846 bits per heavy atom. The molecule has 1 N–H and O–H groups in total. The zero-order valence-electron chi connectivity index (χ0n) is 22.2. The van der Waals surface area contributed by atoms with E-state index in [4.69, 9.17) is 9.47 Å². The van der Waals surface area contributed by atoms with Gasteiger partial charge in [0.25, 0.3) is 0 Å². The van der Waals surface area contributed by atoms with Crippen LogP contribution in [0.5, 0.6) is 0 Å². The average molecular weight is 549 g/mol. The van der Waals surface area contributed by atoms with Crippen LogP contribution >= 0.6 is 0 Å². The molecule has 4 nitrogen and oxygen atoms in total. The number of benzene rings is 2. The Labute approximate surface area is 226 Å². The van der Waals surface area contributed by atoms with E-state index in [0.717, 1.165) is 25.7 Å². The standard InChI is InChI=1S/C31H36F4O4/c1-2-3-25(36)19-6-4-17(5-7-19)22-13-15-24(30(35)28(22)33)31(37)39-20-10-8-18(9-11-20)21-12-14-23(26-16-38-26)29(34)27(21)32/h12-15,17-20,25-26,36H,2-11,16H2,1H3. The molecule has 39 heavy (non-hydrogen) atoms. The second-order valence-corrected chi connectivity index (χ2v) is 11.4. The molecule has 0 aromatic heterocycles. The molecule has 212 valence electrons. The number of esters is 1. The first kappa shape index (κ1) is 28.1. The van der Waals surface area contributed by atoms with Gasteiger partial charge >= 0.3 is 5.97 Å². The molecule has 8 heteroatoms. The summed E-state index contributed by atoms with van der Waals surface area (Å²) in [5, 5.41) is 10.3. The minimum absolute atomic E-state index is 0.152. The predicted molar refractivity (Wildman–Crippen MR) is 137 cm³/mol. The van der Waals surface area contributed by atoms with Gasteiger partial charge in [-0.2, -0.15) is 0 Å². The maximum absolute atomic E-state index is 15.0. The van der Waals surface area contributed by atoms with Gasteiger partial charge in [0.05, 0.1) is 18.3 Å². The molecule has 0 spiro atoms. The summed E-state index contributed by atoms with van der Waals surface area (Å²) >= 11 is 0. The van der Waals surface area contributed by atoms with Crippen LogP contribution in [0.2, 0.25) is 0 Å². The van der Waals surface area contributed by atoms with Crippen LogP contribution in [0.15, 0.2) is 24.3 Å². The van der Waals surface area contributed by atoms with Gasteiger partial charge in [-0.1, -0.05) is 31.5 Å². The summed E-state index contributed by atoms with van der Waals surface area (Å²) in [7, 11) is 0. The minimum atomic E-state index is -1.20. The average Bonchev–Trinajstić information content (AvgIpc) is 3.78. The van der Waals surface area contributed by atoms with Gasteiger partial charge in [0.2, 0.25) is 0 Å². The largest absolute Gasteiger partial charge is 0.459 e. The maximum atomic E-state index is 15.0. The molecule has 2 unspecified atom stereocenters. The summed E-state index contributed by atoms with van der Waals surface area (Å²) in [4.78, 5) is 12.7. The molecule has 2 aliphatic carbocycles. The first-order chi connectivity index (χ1) is 18.8. The molecule has 5 rings (SSSR count). The van der Waals surface area contributed by atoms with E-state index in [1.807, 2.05) is 6.92 Å². The van der Waals surface area contributed by atoms with Crippen molar-refractivity contribution in [3.63, 3.8) is 0 Å². The van der Waals surface area contributed by atoms with E-state index in [9.17, 15) is 23.1 Å². The normalized spacial score (nSPS) is 27.7. The molecule has 1 aliphatic heterocycles. The number of aliphatic hydroxyl groups excluding tert-OH is 1. The monoisotopic (exact) mass is 548 g/mol. The number of carbonyl (C=O) groups excluding carboxylic acids is 1. The molecule has 0 amide bonds. The van der Waals surface area contributed by atoms with Crippen LogP contribution < -0.4 is 0 Å². The number of ether oxygens (including phenoxy) is 2. The number of hydrogen-bond donors (Lipinski definition) is 1. The number of carbonyl (C=O) groups is 1. The molecule has 1 heterocycles. The van der Waals surface area contributed by atoms with E-state index in [0.29, 0.717) is 50.7 Å². The Balaban J connectivity index is 1.17. The van der Waals surface area contributed by atoms with E-state index in [-0.39, 0.29) is 41.1 Å². The topological polar surface area (TPSA) is 59.1 Å². The van der Waals surface area contributed by atoms with Gasteiger partial charge in [0, 0.05) is 5.56 Å². The fraction of sp³-hybridized carbons (Fsp3) is 0.581. The van der Waals surface area contributed by atoms with Crippen LogP contribution in [-0.2, 0) is 9.47 Å². The molecule has 2 atom stereocenters. The van der Waals surface area contributed by atoms with E-state index in [1.165, 1.54) is 12.1 Å². The van der Waals surface area contributed by atoms with Crippen molar-refractivity contribution in [2.45, 2.75) is 101 Å². The second-order valence-electron chi connectivity index (χ2n) is 11.4. The summed E-state index contributed by atoms with van der Waals surface area (Å²) in [6, 6.07) is 5.95. The third-order valence-corrected chi connectivity index (χ3v) is 8.88. The lowest BCUT2D eigenvalue weighted by molar-refractivity contribution is 0.0188. The molecule has 2 aromatic carbocycles. The molecule has 3 aliphatic rings. The first-order valence-electron chi connectivity index (χ1n) is 14.2. The molecule has 2 aromatic rings. The van der Waals surface area contributed by atoms with Crippen molar-refractivity contribution in [1.82, 2.24) is 0 Å². The van der Waals surface area contributed by atoms with E-state index < -0.39 is 40.9 Å². The van der Waals surface area contributed by atoms with Gasteiger partial charge in [-0.25, -0.2) is 22.4 Å². The smallest absolute Gasteiger partial charge is 0.341 e. The predicted octanol–water partition coefficient (Wildman–Crippen LogP) is 7.63. The van der Waals surface area contributed by atoms with Crippen LogP contribution in [0.1, 0.15) is 116 Å². The molecular weight excluding hydrogens is 512 g/mol. The Hall–Kier alpha value is -2.45. The van der Waals surface area contributed by atoms with Crippen molar-refractivity contribution in [3.05, 3.63) is 69.8 Å². The van der Waals surface area contributed by atoms with Gasteiger partial charge in [0.1, 0.15) is 12.2 Å². The lowest BCUT2D eigenvalue weighted by Crippen LogP contribution is -2.26. The highest BCUT2D eigenvalue weighted by atomic mass is 19.2. The number of hydrogen-bond acceptors (Lipinski definition) is 4. The summed E-state index contributed by atoms with van der Waals surface area (Å²) in [6.45, 7) is 2.42. The van der Waals surface area contributed by atoms with Crippen molar-refractivity contribution in [2.24, 2.45) is 5.92 Å². The van der Waals surface area contributed by atoms with Crippen LogP contribution in [0, 0.1) is 29.2 Å². The summed E-state index contributed by atoms with van der Waals surface area (Å²) < 4.78 is 69.7. The molecule has 3 fully saturated rings. The van der Waals surface area contributed by atoms with Gasteiger partial charge in [-0.3, -0.25) is 0 Å². The molecule has 0 bridgehead atoms. The van der Waals surface area contributed by atoms with Crippen LogP contribution in [-0.4, -0.2) is 29.9 Å². The first-order valence-corrected chi connectivity index (χ1v) is 14.2. The van der Waals surface area contributed by atoms with E-state index in [2.05, 4.69) is 0 Å². The Kier molecular flexibility index (Phi) is 8.62. The Bertz CT molecular complexity index is 1180. The maximum Gasteiger partial charge on any atom is 0.341 e. The third kappa shape index (κ3) is 6.02. The summed E-state index contributed by atoms with van der Waals surface area (Å²) in [5.41, 5.74) is 0.370. The van der Waals surface area contributed by atoms with Gasteiger partial charge in [-0.05, 0) is 92.7 Å². The highest BCUT2D eigenvalue weighted by Gasteiger charge is 2.34. The number of aliphatic hydroxyl groups is 1. The fourth-order valence-corrected chi connectivity index (χ4v) is 6.46. The molecule has 1 saturated heterocycles. The molecular formula is C31H36F4O4.